The number of nitrogens with zero attached hydrogens (tertiary/aromatic N) is 2. The average molecular weight is 353 g/mol. The molecule has 0 aliphatic rings. The van der Waals surface area contributed by atoms with E-state index in [2.05, 4.69) is 87.0 Å². The molecule has 3 heteroatoms. The lowest BCUT2D eigenvalue weighted by Gasteiger charge is -2.06. The maximum absolute atomic E-state index is 4.05. The second-order valence-electron chi connectivity index (χ2n) is 5.23. The van der Waals surface area contributed by atoms with Crippen LogP contribution >= 0.6 is 15.9 Å². The molecular formula is C19H17BrN2. The lowest BCUT2D eigenvalue weighted by Crippen LogP contribution is -1.91. The van der Waals surface area contributed by atoms with Crippen molar-refractivity contribution in [3.63, 3.8) is 0 Å². The van der Waals surface area contributed by atoms with Gasteiger partial charge in [-0.1, -0.05) is 58.4 Å². The minimum atomic E-state index is 0.848. The van der Waals surface area contributed by atoms with Gasteiger partial charge in [0.15, 0.2) is 0 Å². The first kappa shape index (κ1) is 14.8. The van der Waals surface area contributed by atoms with E-state index in [9.17, 15) is 0 Å². The SMILES string of the molecule is CC(=CCn1ccnc1)c1ccc(-c2ccc(Br)cc2)cc1. The van der Waals surface area contributed by atoms with E-state index < -0.39 is 0 Å². The largest absolute Gasteiger partial charge is 0.334 e. The molecule has 3 rings (SSSR count). The van der Waals surface area contributed by atoms with Crippen LogP contribution in [0.2, 0.25) is 0 Å². The van der Waals surface area contributed by atoms with Crippen LogP contribution in [0.3, 0.4) is 0 Å². The Bertz CT molecular complexity index is 754. The van der Waals surface area contributed by atoms with Gasteiger partial charge in [0.1, 0.15) is 0 Å². The Kier molecular flexibility index (Phi) is 4.54. The molecule has 3 aromatic rings. The van der Waals surface area contributed by atoms with Crippen LogP contribution in [-0.2, 0) is 6.54 Å². The molecule has 1 aromatic heterocycles. The molecule has 2 nitrogen and oxygen atoms in total. The third-order valence-electron chi connectivity index (χ3n) is 3.69. The summed E-state index contributed by atoms with van der Waals surface area (Å²) in [5, 5.41) is 0. The van der Waals surface area contributed by atoms with Crippen molar-refractivity contribution in [3.05, 3.63) is 83.4 Å². The van der Waals surface area contributed by atoms with E-state index in [0.29, 0.717) is 0 Å². The molecule has 0 atom stereocenters. The van der Waals surface area contributed by atoms with Gasteiger partial charge in [0.05, 0.1) is 6.33 Å². The van der Waals surface area contributed by atoms with Gasteiger partial charge in [-0.15, -0.1) is 0 Å². The molecule has 0 N–H and O–H groups in total. The fraction of sp³-hybridized carbons (Fsp3) is 0.105. The zero-order valence-corrected chi connectivity index (χ0v) is 14.0. The standard InChI is InChI=1S/C19H17BrN2/c1-15(10-12-22-13-11-21-14-22)16-2-4-17(5-3-16)18-6-8-19(20)9-7-18/h2-11,13-14H,12H2,1H3. The molecule has 0 fully saturated rings. The molecule has 0 saturated heterocycles. The number of benzene rings is 2. The maximum atomic E-state index is 4.05. The quantitative estimate of drug-likeness (QED) is 0.613. The second kappa shape index (κ2) is 6.75. The molecule has 0 spiro atoms. The summed E-state index contributed by atoms with van der Waals surface area (Å²) in [6, 6.07) is 17.1. The van der Waals surface area contributed by atoms with E-state index in [0.717, 1.165) is 11.0 Å². The molecule has 110 valence electrons. The van der Waals surface area contributed by atoms with Gasteiger partial charge in [-0.25, -0.2) is 4.98 Å². The van der Waals surface area contributed by atoms with Crippen molar-refractivity contribution in [3.8, 4) is 11.1 Å². The molecule has 0 aliphatic heterocycles. The van der Waals surface area contributed by atoms with E-state index >= 15 is 0 Å². The number of imidazole rings is 1. The molecule has 0 radical (unpaired) electrons. The highest BCUT2D eigenvalue weighted by atomic mass is 79.9. The van der Waals surface area contributed by atoms with Crippen molar-refractivity contribution in [2.45, 2.75) is 13.5 Å². The summed E-state index contributed by atoms with van der Waals surface area (Å²) in [7, 11) is 0. The van der Waals surface area contributed by atoms with Crippen LogP contribution in [0.4, 0.5) is 0 Å². The summed E-state index contributed by atoms with van der Waals surface area (Å²) in [5.41, 5.74) is 4.99. The zero-order chi connectivity index (χ0) is 15.4. The van der Waals surface area contributed by atoms with Gasteiger partial charge < -0.3 is 4.57 Å². The topological polar surface area (TPSA) is 17.8 Å². The minimum absolute atomic E-state index is 0.848. The summed E-state index contributed by atoms with van der Waals surface area (Å²) in [5.74, 6) is 0. The molecule has 22 heavy (non-hydrogen) atoms. The van der Waals surface area contributed by atoms with Crippen molar-refractivity contribution < 1.29 is 0 Å². The Morgan fingerprint density at radius 3 is 2.27 bits per heavy atom. The molecule has 0 unspecified atom stereocenters. The summed E-state index contributed by atoms with van der Waals surface area (Å²) in [4.78, 5) is 4.05. The predicted octanol–water partition coefficient (Wildman–Crippen LogP) is 5.42. The number of halogens is 1. The van der Waals surface area contributed by atoms with E-state index in [1.807, 2.05) is 12.5 Å². The van der Waals surface area contributed by atoms with Gasteiger partial charge in [-0.05, 0) is 41.3 Å². The predicted molar refractivity (Wildman–Crippen MR) is 95.5 cm³/mol. The Balaban J connectivity index is 1.76. The Morgan fingerprint density at radius 2 is 1.68 bits per heavy atom. The molecule has 0 amide bonds. The summed E-state index contributed by atoms with van der Waals surface area (Å²) in [6.07, 6.45) is 7.83. The minimum Gasteiger partial charge on any atom is -0.334 e. The maximum Gasteiger partial charge on any atom is 0.0948 e. The summed E-state index contributed by atoms with van der Waals surface area (Å²) in [6.45, 7) is 2.99. The van der Waals surface area contributed by atoms with Crippen molar-refractivity contribution in [1.82, 2.24) is 9.55 Å². The number of hydrogen-bond donors (Lipinski definition) is 0. The third-order valence-corrected chi connectivity index (χ3v) is 4.21. The van der Waals surface area contributed by atoms with Gasteiger partial charge in [0.25, 0.3) is 0 Å². The first-order valence-corrected chi connectivity index (χ1v) is 8.00. The van der Waals surface area contributed by atoms with Gasteiger partial charge in [-0.2, -0.15) is 0 Å². The smallest absolute Gasteiger partial charge is 0.0948 e. The Hall–Kier alpha value is -2.13. The van der Waals surface area contributed by atoms with E-state index in [-0.39, 0.29) is 0 Å². The fourth-order valence-corrected chi connectivity index (χ4v) is 2.59. The van der Waals surface area contributed by atoms with Crippen molar-refractivity contribution in [1.29, 1.82) is 0 Å². The van der Waals surface area contributed by atoms with E-state index in [4.69, 9.17) is 0 Å². The van der Waals surface area contributed by atoms with Crippen LogP contribution in [-0.4, -0.2) is 9.55 Å². The zero-order valence-electron chi connectivity index (χ0n) is 12.4. The Morgan fingerprint density at radius 1 is 1.05 bits per heavy atom. The molecule has 2 aromatic carbocycles. The van der Waals surface area contributed by atoms with Crippen molar-refractivity contribution >= 4 is 21.5 Å². The third kappa shape index (κ3) is 3.55. The molecule has 0 bridgehead atoms. The number of allylic oxidation sites excluding steroid dienone is 2. The molecule has 0 saturated carbocycles. The van der Waals surface area contributed by atoms with Gasteiger partial charge in [0.2, 0.25) is 0 Å². The normalized spacial score (nSPS) is 11.6. The van der Waals surface area contributed by atoms with Crippen LogP contribution in [0.1, 0.15) is 12.5 Å². The van der Waals surface area contributed by atoms with Crippen LogP contribution < -0.4 is 0 Å². The van der Waals surface area contributed by atoms with Crippen molar-refractivity contribution in [2.24, 2.45) is 0 Å². The highest BCUT2D eigenvalue weighted by Gasteiger charge is 2.00. The fourth-order valence-electron chi connectivity index (χ4n) is 2.32. The molecular weight excluding hydrogens is 336 g/mol. The van der Waals surface area contributed by atoms with Gasteiger partial charge in [0, 0.05) is 23.4 Å². The van der Waals surface area contributed by atoms with Crippen LogP contribution in [0.15, 0.2) is 77.8 Å². The van der Waals surface area contributed by atoms with E-state index in [1.165, 1.54) is 22.3 Å². The van der Waals surface area contributed by atoms with Crippen LogP contribution in [0.5, 0.6) is 0 Å². The summed E-state index contributed by atoms with van der Waals surface area (Å²) < 4.78 is 3.16. The van der Waals surface area contributed by atoms with E-state index in [1.54, 1.807) is 6.20 Å². The average Bonchev–Trinajstić information content (AvgIpc) is 3.07. The Labute approximate surface area is 139 Å². The monoisotopic (exact) mass is 352 g/mol. The lowest BCUT2D eigenvalue weighted by molar-refractivity contribution is 0.821. The molecule has 0 aliphatic carbocycles. The van der Waals surface area contributed by atoms with Gasteiger partial charge in [-0.3, -0.25) is 0 Å². The molecule has 1 heterocycles. The second-order valence-corrected chi connectivity index (χ2v) is 6.15. The summed E-state index contributed by atoms with van der Waals surface area (Å²) >= 11 is 3.47. The first-order chi connectivity index (χ1) is 10.7. The number of aromatic nitrogens is 2. The first-order valence-electron chi connectivity index (χ1n) is 7.21. The number of rotatable bonds is 4. The van der Waals surface area contributed by atoms with Crippen LogP contribution in [0, 0.1) is 0 Å². The number of hydrogen-bond acceptors (Lipinski definition) is 1. The van der Waals surface area contributed by atoms with Crippen LogP contribution in [0.25, 0.3) is 16.7 Å². The van der Waals surface area contributed by atoms with Gasteiger partial charge >= 0.3 is 0 Å². The highest BCUT2D eigenvalue weighted by Crippen LogP contribution is 2.24. The highest BCUT2D eigenvalue weighted by molar-refractivity contribution is 9.10. The lowest BCUT2D eigenvalue weighted by atomic mass is 10.0. The van der Waals surface area contributed by atoms with Crippen molar-refractivity contribution in [2.75, 3.05) is 0 Å².